The summed E-state index contributed by atoms with van der Waals surface area (Å²) in [6.07, 6.45) is 2.94. The second kappa shape index (κ2) is 7.85. The molecule has 0 atom stereocenters. The average molecular weight is 292 g/mol. The van der Waals surface area contributed by atoms with Crippen LogP contribution in [0, 0.1) is 5.41 Å². The molecule has 0 saturated carbocycles. The van der Waals surface area contributed by atoms with Gasteiger partial charge < -0.3 is 16.0 Å². The van der Waals surface area contributed by atoms with Gasteiger partial charge in [0.1, 0.15) is 0 Å². The predicted octanol–water partition coefficient (Wildman–Crippen LogP) is 2.81. The first-order chi connectivity index (χ1) is 9.55. The van der Waals surface area contributed by atoms with Crippen molar-refractivity contribution < 1.29 is 0 Å². The van der Waals surface area contributed by atoms with Crippen molar-refractivity contribution in [3.63, 3.8) is 0 Å². The molecule has 0 aliphatic carbocycles. The van der Waals surface area contributed by atoms with Crippen molar-refractivity contribution in [1.82, 2.24) is 10.6 Å². The molecule has 0 amide bonds. The van der Waals surface area contributed by atoms with Crippen molar-refractivity contribution in [2.45, 2.75) is 40.0 Å². The number of rotatable bonds is 4. The molecule has 20 heavy (non-hydrogen) atoms. The van der Waals surface area contributed by atoms with E-state index < -0.39 is 0 Å². The largest absolute Gasteiger partial charge is 0.359 e. The van der Waals surface area contributed by atoms with Crippen LogP contribution in [-0.4, -0.2) is 18.1 Å². The van der Waals surface area contributed by atoms with Gasteiger partial charge in [-0.25, -0.2) is 0 Å². The van der Waals surface area contributed by atoms with E-state index in [-0.39, 0.29) is 5.96 Å². The Labute approximate surface area is 126 Å². The maximum atomic E-state index is 7.54. The quantitative estimate of drug-likeness (QED) is 0.391. The maximum Gasteiger partial charge on any atom is 0.194 e. The Bertz CT molecular complexity index is 472. The minimum atomic E-state index is 0.184. The van der Waals surface area contributed by atoms with Gasteiger partial charge in [-0.3, -0.25) is 5.41 Å². The van der Waals surface area contributed by atoms with Gasteiger partial charge in [-0.05, 0) is 48.2 Å². The zero-order valence-corrected chi connectivity index (χ0v) is 13.5. The zero-order chi connectivity index (χ0) is 15.1. The van der Waals surface area contributed by atoms with Gasteiger partial charge in [0.15, 0.2) is 11.1 Å². The van der Waals surface area contributed by atoms with Crippen molar-refractivity contribution in [3.05, 3.63) is 28.8 Å². The third-order valence-corrected chi connectivity index (χ3v) is 3.46. The molecule has 0 spiro atoms. The Kier molecular flexibility index (Phi) is 6.45. The monoisotopic (exact) mass is 292 g/mol. The molecule has 110 valence electrons. The zero-order valence-electron chi connectivity index (χ0n) is 12.7. The van der Waals surface area contributed by atoms with Crippen LogP contribution in [0.2, 0.25) is 0 Å². The van der Waals surface area contributed by atoms with Gasteiger partial charge in [-0.15, -0.1) is 0 Å². The van der Waals surface area contributed by atoms with Gasteiger partial charge in [0.05, 0.1) is 0 Å². The number of thiocarbonyl (C=S) groups is 1. The smallest absolute Gasteiger partial charge is 0.194 e. The molecule has 0 heterocycles. The average Bonchev–Trinajstić information content (AvgIpc) is 2.46. The molecule has 0 aliphatic heterocycles. The lowest BCUT2D eigenvalue weighted by Crippen LogP contribution is -2.40. The summed E-state index contributed by atoms with van der Waals surface area (Å²) in [5.41, 5.74) is 4.96. The Morgan fingerprint density at radius 1 is 1.10 bits per heavy atom. The van der Waals surface area contributed by atoms with Crippen molar-refractivity contribution in [1.29, 1.82) is 5.41 Å². The lowest BCUT2D eigenvalue weighted by Gasteiger charge is -2.18. The second-order valence-corrected chi connectivity index (χ2v) is 4.96. The second-order valence-electron chi connectivity index (χ2n) is 4.55. The number of guanidine groups is 1. The molecule has 0 aliphatic rings. The van der Waals surface area contributed by atoms with Crippen molar-refractivity contribution in [2.75, 3.05) is 12.4 Å². The van der Waals surface area contributed by atoms with Crippen LogP contribution < -0.4 is 16.0 Å². The number of aryl methyl sites for hydroxylation is 3. The summed E-state index contributed by atoms with van der Waals surface area (Å²) in [6.45, 7) is 6.46. The highest BCUT2D eigenvalue weighted by Crippen LogP contribution is 2.25. The van der Waals surface area contributed by atoms with E-state index in [4.69, 9.17) is 17.6 Å². The van der Waals surface area contributed by atoms with Crippen LogP contribution in [0.4, 0.5) is 5.69 Å². The molecule has 0 aromatic heterocycles. The summed E-state index contributed by atoms with van der Waals surface area (Å²) >= 11 is 5.25. The van der Waals surface area contributed by atoms with Crippen molar-refractivity contribution >= 4 is 29.0 Å². The topological polar surface area (TPSA) is 59.9 Å². The third kappa shape index (κ3) is 4.20. The lowest BCUT2D eigenvalue weighted by molar-refractivity contribution is 1.04. The summed E-state index contributed by atoms with van der Waals surface area (Å²) in [7, 11) is 1.68. The molecule has 1 rings (SSSR count). The molecule has 0 saturated heterocycles. The van der Waals surface area contributed by atoms with E-state index in [1.165, 1.54) is 16.7 Å². The summed E-state index contributed by atoms with van der Waals surface area (Å²) in [5, 5.41) is 16.7. The fourth-order valence-electron chi connectivity index (χ4n) is 2.08. The van der Waals surface area contributed by atoms with E-state index in [1.807, 2.05) is 0 Å². The molecule has 4 nitrogen and oxygen atoms in total. The van der Waals surface area contributed by atoms with Gasteiger partial charge in [-0.1, -0.05) is 32.9 Å². The van der Waals surface area contributed by atoms with Crippen molar-refractivity contribution in [3.8, 4) is 0 Å². The molecule has 0 unspecified atom stereocenters. The summed E-state index contributed by atoms with van der Waals surface area (Å²) in [4.78, 5) is 0. The highest BCUT2D eigenvalue weighted by Gasteiger charge is 2.10. The van der Waals surface area contributed by atoms with Crippen LogP contribution in [0.5, 0.6) is 0 Å². The lowest BCUT2D eigenvalue weighted by atomic mass is 9.98. The first-order valence-electron chi connectivity index (χ1n) is 7.04. The van der Waals surface area contributed by atoms with E-state index in [0.29, 0.717) is 5.11 Å². The Morgan fingerprint density at radius 3 is 2.05 bits per heavy atom. The van der Waals surface area contributed by atoms with Gasteiger partial charge in [-0.2, -0.15) is 0 Å². The standard InChI is InChI=1S/C15H24N4S/c1-5-10-8-11(6-2)13(12(7-3)9-10)18-15(20)19-14(16)17-4/h8-9H,5-7H2,1-4H3,(H4,16,17,18,19,20). The minimum Gasteiger partial charge on any atom is -0.359 e. The normalized spacial score (nSPS) is 10.0. The van der Waals surface area contributed by atoms with Crippen LogP contribution in [-0.2, 0) is 19.3 Å². The number of anilines is 1. The van der Waals surface area contributed by atoms with E-state index >= 15 is 0 Å². The first kappa shape index (κ1) is 16.4. The van der Waals surface area contributed by atoms with Crippen molar-refractivity contribution in [2.24, 2.45) is 0 Å². The first-order valence-corrected chi connectivity index (χ1v) is 7.45. The molecular formula is C15H24N4S. The molecule has 1 aromatic rings. The molecule has 4 N–H and O–H groups in total. The summed E-state index contributed by atoms with van der Waals surface area (Å²) in [5.74, 6) is 0.184. The van der Waals surface area contributed by atoms with Gasteiger partial charge in [0.25, 0.3) is 0 Å². The van der Waals surface area contributed by atoms with E-state index in [0.717, 1.165) is 24.9 Å². The van der Waals surface area contributed by atoms with Crippen LogP contribution >= 0.6 is 12.2 Å². The molecule has 1 aromatic carbocycles. The highest BCUT2D eigenvalue weighted by atomic mass is 32.1. The molecular weight excluding hydrogens is 268 g/mol. The summed E-state index contributed by atoms with van der Waals surface area (Å²) < 4.78 is 0. The molecule has 0 radical (unpaired) electrons. The van der Waals surface area contributed by atoms with Crippen LogP contribution in [0.25, 0.3) is 0 Å². The number of hydrogen-bond acceptors (Lipinski definition) is 2. The number of benzene rings is 1. The van der Waals surface area contributed by atoms with Crippen LogP contribution in [0.3, 0.4) is 0 Å². The fourth-order valence-corrected chi connectivity index (χ4v) is 2.29. The molecule has 5 heteroatoms. The Balaban J connectivity index is 3.03. The predicted molar refractivity (Wildman–Crippen MR) is 90.7 cm³/mol. The van der Waals surface area contributed by atoms with Gasteiger partial charge in [0, 0.05) is 12.7 Å². The minimum absolute atomic E-state index is 0.184. The van der Waals surface area contributed by atoms with E-state index in [1.54, 1.807) is 7.05 Å². The number of nitrogens with one attached hydrogen (secondary N) is 4. The summed E-state index contributed by atoms with van der Waals surface area (Å²) in [6, 6.07) is 4.46. The molecule has 0 bridgehead atoms. The Morgan fingerprint density at radius 2 is 1.65 bits per heavy atom. The Hall–Kier alpha value is -1.62. The third-order valence-electron chi connectivity index (χ3n) is 3.26. The van der Waals surface area contributed by atoms with E-state index in [9.17, 15) is 0 Å². The molecule has 0 fully saturated rings. The fraction of sp³-hybridized carbons (Fsp3) is 0.467. The van der Waals surface area contributed by atoms with Crippen LogP contribution in [0.15, 0.2) is 12.1 Å². The van der Waals surface area contributed by atoms with Crippen LogP contribution in [0.1, 0.15) is 37.5 Å². The maximum absolute atomic E-state index is 7.54. The number of hydrogen-bond donors (Lipinski definition) is 4. The van der Waals surface area contributed by atoms with E-state index in [2.05, 4.69) is 48.9 Å². The van der Waals surface area contributed by atoms with Gasteiger partial charge in [0.2, 0.25) is 0 Å². The SMILES string of the molecule is CCc1cc(CC)c(NC(=S)NC(=N)NC)c(CC)c1. The highest BCUT2D eigenvalue weighted by molar-refractivity contribution is 7.80. The van der Waals surface area contributed by atoms with Gasteiger partial charge >= 0.3 is 0 Å².